The summed E-state index contributed by atoms with van der Waals surface area (Å²) in [5.41, 5.74) is 12.2. The minimum absolute atomic E-state index is 0.152. The van der Waals surface area contributed by atoms with Crippen molar-refractivity contribution in [3.05, 3.63) is 71.1 Å². The molecule has 2 aromatic carbocycles. The normalized spacial score (nSPS) is 16.8. The van der Waals surface area contributed by atoms with Crippen LogP contribution in [-0.4, -0.2) is 30.4 Å². The van der Waals surface area contributed by atoms with Gasteiger partial charge in [0.25, 0.3) is 0 Å². The lowest BCUT2D eigenvalue weighted by molar-refractivity contribution is 0.223. The molecule has 0 saturated heterocycles. The van der Waals surface area contributed by atoms with E-state index in [4.69, 9.17) is 14.8 Å². The largest absolute Gasteiger partial charge is 0.497 e. The van der Waals surface area contributed by atoms with E-state index >= 15 is 0 Å². The Balaban J connectivity index is 1.48. The first kappa shape index (κ1) is 21.8. The van der Waals surface area contributed by atoms with Crippen LogP contribution in [0.15, 0.2) is 64.2 Å². The van der Waals surface area contributed by atoms with Crippen molar-refractivity contribution in [1.29, 1.82) is 0 Å². The molecule has 1 aliphatic heterocycles. The summed E-state index contributed by atoms with van der Waals surface area (Å²) in [6, 6.07) is 12.9. The number of nitrogens with one attached hydrogen (secondary N) is 3. The Kier molecular flexibility index (Phi) is 7.45. The van der Waals surface area contributed by atoms with E-state index in [2.05, 4.69) is 47.1 Å². The predicted molar refractivity (Wildman–Crippen MR) is 118 cm³/mol. The molecule has 0 radical (unpaired) electrons. The number of hydrogen-bond donors (Lipinski definition) is 4. The van der Waals surface area contributed by atoms with Gasteiger partial charge in [0.1, 0.15) is 17.6 Å². The molecule has 30 heavy (non-hydrogen) atoms. The average Bonchev–Trinajstić information content (AvgIpc) is 2.75. The third kappa shape index (κ3) is 5.59. The first-order valence-electron chi connectivity index (χ1n) is 9.56. The highest BCUT2D eigenvalue weighted by Crippen LogP contribution is 2.26. The quantitative estimate of drug-likeness (QED) is 0.356. The lowest BCUT2D eigenvalue weighted by atomic mass is 9.97. The maximum absolute atomic E-state index is 12.1. The number of methoxy groups -OCH3 is 1. The fourth-order valence-electron chi connectivity index (χ4n) is 2.99. The lowest BCUT2D eigenvalue weighted by Gasteiger charge is -2.22. The minimum Gasteiger partial charge on any atom is -0.497 e. The van der Waals surface area contributed by atoms with E-state index in [1.54, 1.807) is 31.4 Å². The van der Waals surface area contributed by atoms with Crippen LogP contribution in [0.4, 0.5) is 0 Å². The zero-order valence-electron chi connectivity index (χ0n) is 17.3. The lowest BCUT2D eigenvalue weighted by Crippen LogP contribution is -2.41. The standard InChI is InChI=1S/C21H27N5O3S/c1-14-5-4-6-18(15(14)2)19-13-20(26-21(22)25-19)23-11-12-24-29-30(27)17-9-7-16(28-3)8-10-17/h4-10,13,19,23-24H,11-12H2,1-3H3,(H3,22,25,26). The molecule has 9 heteroatoms. The number of guanidine groups is 1. The fraction of sp³-hybridized carbons (Fsp3) is 0.286. The number of aliphatic imine (C=N–C) groups is 1. The van der Waals surface area contributed by atoms with Crippen molar-refractivity contribution in [1.82, 2.24) is 16.1 Å². The van der Waals surface area contributed by atoms with E-state index in [0.717, 1.165) is 11.4 Å². The van der Waals surface area contributed by atoms with Gasteiger partial charge in [0, 0.05) is 13.1 Å². The van der Waals surface area contributed by atoms with Gasteiger partial charge in [-0.05, 0) is 60.9 Å². The number of nitrogens with zero attached hydrogens (tertiary/aromatic N) is 1. The summed E-state index contributed by atoms with van der Waals surface area (Å²) in [7, 11) is 1.58. The molecule has 2 atom stereocenters. The van der Waals surface area contributed by atoms with Crippen molar-refractivity contribution in [2.45, 2.75) is 24.8 Å². The molecule has 0 aliphatic carbocycles. The number of hydrogen-bond acceptors (Lipinski definition) is 8. The zero-order valence-corrected chi connectivity index (χ0v) is 18.1. The summed E-state index contributed by atoms with van der Waals surface area (Å²) in [5, 5.41) is 6.27. The number of hydroxylamine groups is 1. The van der Waals surface area contributed by atoms with Gasteiger partial charge in [0.15, 0.2) is 5.96 Å². The third-order valence-electron chi connectivity index (χ3n) is 4.76. The molecule has 0 spiro atoms. The van der Waals surface area contributed by atoms with E-state index in [1.165, 1.54) is 11.1 Å². The van der Waals surface area contributed by atoms with Gasteiger partial charge in [0.05, 0.1) is 12.0 Å². The maximum atomic E-state index is 12.1. The number of nitrogens with two attached hydrogens (primary N) is 1. The number of aryl methyl sites for hydroxylation is 1. The predicted octanol–water partition coefficient (Wildman–Crippen LogP) is 1.95. The Bertz CT molecular complexity index is 960. The Hall–Kier alpha value is -2.88. The van der Waals surface area contributed by atoms with Gasteiger partial charge >= 0.3 is 0 Å². The van der Waals surface area contributed by atoms with Gasteiger partial charge in [-0.15, -0.1) is 0 Å². The summed E-state index contributed by atoms with van der Waals surface area (Å²) in [5.74, 6) is 1.82. The van der Waals surface area contributed by atoms with Gasteiger partial charge in [-0.25, -0.2) is 9.20 Å². The molecular weight excluding hydrogens is 402 g/mol. The van der Waals surface area contributed by atoms with Crippen LogP contribution in [-0.2, 0) is 15.4 Å². The molecule has 0 amide bonds. The number of benzene rings is 2. The van der Waals surface area contributed by atoms with Crippen LogP contribution in [0.25, 0.3) is 0 Å². The van der Waals surface area contributed by atoms with Crippen LogP contribution in [0, 0.1) is 13.8 Å². The molecule has 2 unspecified atom stereocenters. The Morgan fingerprint density at radius 3 is 2.67 bits per heavy atom. The zero-order chi connectivity index (χ0) is 21.5. The van der Waals surface area contributed by atoms with Crippen LogP contribution in [0.1, 0.15) is 22.7 Å². The molecule has 3 rings (SSSR count). The van der Waals surface area contributed by atoms with Crippen LogP contribution >= 0.6 is 0 Å². The second-order valence-corrected chi connectivity index (χ2v) is 7.88. The molecular formula is C21H27N5O3S. The molecule has 0 saturated carbocycles. The molecule has 0 aromatic heterocycles. The highest BCUT2D eigenvalue weighted by Gasteiger charge is 2.17. The molecule has 2 aromatic rings. The van der Waals surface area contributed by atoms with Crippen LogP contribution in [0.3, 0.4) is 0 Å². The SMILES string of the molecule is COc1ccc(S(=O)ONCCNC2=CC(c3cccc(C)c3C)N=C(N)N2)cc1. The van der Waals surface area contributed by atoms with Crippen molar-refractivity contribution in [2.24, 2.45) is 10.7 Å². The molecule has 0 fully saturated rings. The van der Waals surface area contributed by atoms with Crippen LogP contribution < -0.4 is 26.6 Å². The Morgan fingerprint density at radius 2 is 1.93 bits per heavy atom. The first-order valence-corrected chi connectivity index (χ1v) is 10.6. The van der Waals surface area contributed by atoms with Gasteiger partial charge in [0.2, 0.25) is 11.1 Å². The van der Waals surface area contributed by atoms with Crippen molar-refractivity contribution in [2.75, 3.05) is 20.2 Å². The third-order valence-corrected chi connectivity index (χ3v) is 5.69. The van der Waals surface area contributed by atoms with E-state index in [0.29, 0.717) is 29.7 Å². The molecule has 5 N–H and O–H groups in total. The average molecular weight is 430 g/mol. The second kappa shape index (κ2) is 10.2. The van der Waals surface area contributed by atoms with Gasteiger partial charge in [-0.2, -0.15) is 9.76 Å². The minimum atomic E-state index is -1.61. The summed E-state index contributed by atoms with van der Waals surface area (Å²) in [6.07, 6.45) is 1.99. The van der Waals surface area contributed by atoms with E-state index in [-0.39, 0.29) is 6.04 Å². The highest BCUT2D eigenvalue weighted by molar-refractivity contribution is 7.80. The van der Waals surface area contributed by atoms with E-state index in [1.807, 2.05) is 12.1 Å². The topological polar surface area (TPSA) is 110 Å². The van der Waals surface area contributed by atoms with E-state index < -0.39 is 11.1 Å². The smallest absolute Gasteiger partial charge is 0.206 e. The number of ether oxygens (including phenoxy) is 1. The van der Waals surface area contributed by atoms with Crippen molar-refractivity contribution < 1.29 is 13.2 Å². The monoisotopic (exact) mass is 429 g/mol. The van der Waals surface area contributed by atoms with Gasteiger partial charge in [-0.1, -0.05) is 18.2 Å². The van der Waals surface area contributed by atoms with E-state index in [9.17, 15) is 4.21 Å². The molecule has 1 aliphatic rings. The fourth-order valence-corrected chi connectivity index (χ4v) is 3.64. The Morgan fingerprint density at radius 1 is 1.17 bits per heavy atom. The molecule has 8 nitrogen and oxygen atoms in total. The Labute approximate surface area is 179 Å². The molecule has 0 bridgehead atoms. The summed E-state index contributed by atoms with van der Waals surface area (Å²) < 4.78 is 22.4. The van der Waals surface area contributed by atoms with Gasteiger partial charge in [-0.3, -0.25) is 0 Å². The van der Waals surface area contributed by atoms with Crippen molar-refractivity contribution >= 4 is 17.0 Å². The first-order chi connectivity index (χ1) is 14.5. The summed E-state index contributed by atoms with van der Waals surface area (Å²) in [6.45, 7) is 5.14. The molecule has 1 heterocycles. The maximum Gasteiger partial charge on any atom is 0.206 e. The van der Waals surface area contributed by atoms with Crippen molar-refractivity contribution in [3.8, 4) is 5.75 Å². The summed E-state index contributed by atoms with van der Waals surface area (Å²) >= 11 is -1.61. The summed E-state index contributed by atoms with van der Waals surface area (Å²) in [4.78, 5) is 5.04. The highest BCUT2D eigenvalue weighted by atomic mass is 32.2. The second-order valence-electron chi connectivity index (χ2n) is 6.77. The van der Waals surface area contributed by atoms with Crippen LogP contribution in [0.5, 0.6) is 5.75 Å². The van der Waals surface area contributed by atoms with Crippen molar-refractivity contribution in [3.63, 3.8) is 0 Å². The number of rotatable bonds is 9. The van der Waals surface area contributed by atoms with Crippen LogP contribution in [0.2, 0.25) is 0 Å². The molecule has 160 valence electrons. The van der Waals surface area contributed by atoms with Gasteiger partial charge < -0.3 is 21.1 Å².